The molecule has 2 aromatic carbocycles. The van der Waals surface area contributed by atoms with Gasteiger partial charge < -0.3 is 16.0 Å². The summed E-state index contributed by atoms with van der Waals surface area (Å²) < 4.78 is 28.8. The number of amides is 3. The highest BCUT2D eigenvalue weighted by Crippen LogP contribution is 2.49. The molecule has 3 aromatic rings. The molecule has 6 rings (SSSR count). The molecule has 35 heavy (non-hydrogen) atoms. The zero-order chi connectivity index (χ0) is 24.4. The average Bonchev–Trinajstić information content (AvgIpc) is 3.69. The van der Waals surface area contributed by atoms with E-state index >= 15 is 0 Å². The van der Waals surface area contributed by atoms with E-state index in [1.807, 2.05) is 0 Å². The Morgan fingerprint density at radius 3 is 2.66 bits per heavy atom. The first-order chi connectivity index (χ1) is 16.8. The lowest BCUT2D eigenvalue weighted by Gasteiger charge is -2.27. The minimum absolute atomic E-state index is 0.0141. The first-order valence-corrected chi connectivity index (χ1v) is 11.6. The van der Waals surface area contributed by atoms with Crippen molar-refractivity contribution < 1.29 is 23.2 Å². The van der Waals surface area contributed by atoms with Gasteiger partial charge in [0.1, 0.15) is 24.2 Å². The molecule has 5 atom stereocenters. The quantitative estimate of drug-likeness (QED) is 0.564. The molecule has 180 valence electrons. The van der Waals surface area contributed by atoms with Crippen molar-refractivity contribution in [1.29, 1.82) is 0 Å². The first kappa shape index (κ1) is 21.7. The van der Waals surface area contributed by atoms with Crippen LogP contribution in [0.4, 0.5) is 8.78 Å². The van der Waals surface area contributed by atoms with E-state index in [1.165, 1.54) is 16.8 Å². The van der Waals surface area contributed by atoms with Crippen LogP contribution < -0.4 is 11.1 Å². The van der Waals surface area contributed by atoms with Crippen LogP contribution in [-0.2, 0) is 16.1 Å². The van der Waals surface area contributed by atoms with Gasteiger partial charge in [0.25, 0.3) is 5.91 Å². The van der Waals surface area contributed by atoms with Crippen molar-refractivity contribution >= 4 is 28.6 Å². The van der Waals surface area contributed by atoms with E-state index in [9.17, 15) is 23.2 Å². The van der Waals surface area contributed by atoms with Crippen LogP contribution in [0.25, 0.3) is 10.9 Å². The number of carbonyl (C=O) groups is 3. The number of likely N-dealkylation sites (tertiary alicyclic amines) is 1. The fourth-order valence-corrected chi connectivity index (χ4v) is 5.47. The molecule has 1 aliphatic heterocycles. The van der Waals surface area contributed by atoms with Crippen molar-refractivity contribution in [3.8, 4) is 0 Å². The molecule has 8 nitrogen and oxygen atoms in total. The monoisotopic (exact) mass is 479 g/mol. The topological polar surface area (TPSA) is 110 Å². The predicted molar refractivity (Wildman–Crippen MR) is 121 cm³/mol. The van der Waals surface area contributed by atoms with Crippen LogP contribution in [0.15, 0.2) is 42.5 Å². The number of primary amides is 1. The van der Waals surface area contributed by atoms with E-state index in [1.54, 1.807) is 29.2 Å². The second-order valence-electron chi connectivity index (χ2n) is 9.63. The lowest BCUT2D eigenvalue weighted by atomic mass is 10.1. The van der Waals surface area contributed by atoms with E-state index in [4.69, 9.17) is 5.73 Å². The molecule has 3 amide bonds. The Bertz CT molecular complexity index is 1390. The van der Waals surface area contributed by atoms with Crippen LogP contribution in [0, 0.1) is 17.6 Å². The minimum Gasteiger partial charge on any atom is -0.364 e. The summed E-state index contributed by atoms with van der Waals surface area (Å²) in [5.74, 6) is -2.37. The van der Waals surface area contributed by atoms with Crippen LogP contribution in [0.5, 0.6) is 0 Å². The van der Waals surface area contributed by atoms with E-state index in [0.717, 1.165) is 12.5 Å². The second-order valence-corrected chi connectivity index (χ2v) is 9.63. The molecular weight excluding hydrogens is 456 g/mol. The molecule has 0 radical (unpaired) electrons. The summed E-state index contributed by atoms with van der Waals surface area (Å²) in [6.45, 7) is -0.117. The summed E-state index contributed by atoms with van der Waals surface area (Å²) in [5, 5.41) is 7.77. The van der Waals surface area contributed by atoms with Gasteiger partial charge in [-0.25, -0.2) is 8.78 Å². The third kappa shape index (κ3) is 3.73. The van der Waals surface area contributed by atoms with Gasteiger partial charge in [0.05, 0.1) is 5.52 Å². The molecular formula is C25H23F2N5O3. The molecule has 2 heterocycles. The zero-order valence-electron chi connectivity index (χ0n) is 18.7. The van der Waals surface area contributed by atoms with Crippen LogP contribution in [-0.4, -0.2) is 50.5 Å². The number of para-hydroxylation sites is 1. The van der Waals surface area contributed by atoms with Crippen molar-refractivity contribution in [2.24, 2.45) is 11.7 Å². The van der Waals surface area contributed by atoms with Gasteiger partial charge >= 0.3 is 0 Å². The van der Waals surface area contributed by atoms with E-state index in [2.05, 4.69) is 10.4 Å². The SMILES string of the molecule is NC(=O)c1nn(CC(=O)N2[C@H](C(=O)N[C@@H]3C[C@H]3c3ccc(F)cc3F)C[C@@H]3C[C@@H]32)c2ccccc12. The van der Waals surface area contributed by atoms with Crippen molar-refractivity contribution in [3.63, 3.8) is 0 Å². The standard InChI is InChI=1S/C25H23F2N5O3/c26-13-5-6-14(17(27)9-13)16-10-18(16)29-25(35)21-8-12-7-20(12)32(21)22(33)11-31-19-4-2-1-3-15(19)23(30-31)24(28)34/h1-6,9,12,16,18,20-21H,7-8,10-11H2,(H2,28,34)(H,29,35)/t12-,16-,18+,20-,21-/m0/s1. The minimum atomic E-state index is -0.676. The number of hydrogen-bond donors (Lipinski definition) is 2. The summed E-state index contributed by atoms with van der Waals surface area (Å²) in [5.41, 5.74) is 6.55. The third-order valence-corrected chi connectivity index (χ3v) is 7.35. The number of halogens is 2. The van der Waals surface area contributed by atoms with E-state index in [-0.39, 0.29) is 48.0 Å². The molecule has 0 spiro atoms. The fourth-order valence-electron chi connectivity index (χ4n) is 5.47. The number of rotatable bonds is 6. The highest BCUT2D eigenvalue weighted by molar-refractivity contribution is 6.04. The van der Waals surface area contributed by atoms with Gasteiger partial charge in [0.2, 0.25) is 11.8 Å². The lowest BCUT2D eigenvalue weighted by Crippen LogP contribution is -2.49. The molecule has 3 aliphatic rings. The molecule has 1 aromatic heterocycles. The first-order valence-electron chi connectivity index (χ1n) is 11.6. The van der Waals surface area contributed by atoms with E-state index < -0.39 is 23.6 Å². The number of carbonyl (C=O) groups excluding carboxylic acids is 3. The second kappa shape index (κ2) is 7.86. The molecule has 0 unspecified atom stereocenters. The summed E-state index contributed by atoms with van der Waals surface area (Å²) in [7, 11) is 0. The Balaban J connectivity index is 1.17. The maximum Gasteiger partial charge on any atom is 0.269 e. The van der Waals surface area contributed by atoms with Crippen molar-refractivity contribution in [2.45, 2.75) is 49.9 Å². The Morgan fingerprint density at radius 2 is 1.89 bits per heavy atom. The highest BCUT2D eigenvalue weighted by Gasteiger charge is 2.56. The normalized spacial score (nSPS) is 26.5. The molecule has 10 heteroatoms. The molecule has 3 N–H and O–H groups in total. The average molecular weight is 479 g/mol. The smallest absolute Gasteiger partial charge is 0.269 e. The predicted octanol–water partition coefficient (Wildman–Crippen LogP) is 2.08. The van der Waals surface area contributed by atoms with Gasteiger partial charge in [-0.3, -0.25) is 19.1 Å². The summed E-state index contributed by atoms with van der Waals surface area (Å²) in [6, 6.07) is 9.67. The fraction of sp³-hybridized carbons (Fsp3) is 0.360. The largest absolute Gasteiger partial charge is 0.364 e. The number of piperidine rings is 1. The summed E-state index contributed by atoms with van der Waals surface area (Å²) in [6.07, 6.45) is 2.00. The number of benzene rings is 2. The number of fused-ring (bicyclic) bond motifs is 2. The lowest BCUT2D eigenvalue weighted by molar-refractivity contribution is -0.140. The van der Waals surface area contributed by atoms with Crippen LogP contribution in [0.2, 0.25) is 0 Å². The number of nitrogens with two attached hydrogens (primary N) is 1. The van der Waals surface area contributed by atoms with Gasteiger partial charge in [-0.2, -0.15) is 5.10 Å². The summed E-state index contributed by atoms with van der Waals surface area (Å²) in [4.78, 5) is 39.9. The van der Waals surface area contributed by atoms with Gasteiger partial charge in [0, 0.05) is 29.5 Å². The molecule has 2 saturated carbocycles. The Morgan fingerprint density at radius 1 is 1.09 bits per heavy atom. The number of nitrogens with zero attached hydrogens (tertiary/aromatic N) is 3. The van der Waals surface area contributed by atoms with Crippen molar-refractivity contribution in [3.05, 3.63) is 65.4 Å². The van der Waals surface area contributed by atoms with Gasteiger partial charge in [0.15, 0.2) is 5.69 Å². The van der Waals surface area contributed by atoms with Crippen molar-refractivity contribution in [2.75, 3.05) is 0 Å². The molecule has 2 aliphatic carbocycles. The Labute approximate surface area is 199 Å². The number of nitrogens with one attached hydrogen (secondary N) is 1. The Hall–Kier alpha value is -3.82. The maximum absolute atomic E-state index is 14.1. The van der Waals surface area contributed by atoms with Gasteiger partial charge in [-0.15, -0.1) is 0 Å². The van der Waals surface area contributed by atoms with Crippen LogP contribution >= 0.6 is 0 Å². The molecule has 1 saturated heterocycles. The molecule has 3 fully saturated rings. The van der Waals surface area contributed by atoms with Crippen molar-refractivity contribution in [1.82, 2.24) is 20.0 Å². The Kier molecular flexibility index (Phi) is 4.87. The number of aromatic nitrogens is 2. The van der Waals surface area contributed by atoms with Crippen LogP contribution in [0.3, 0.4) is 0 Å². The van der Waals surface area contributed by atoms with Crippen LogP contribution in [0.1, 0.15) is 41.2 Å². The number of hydrogen-bond acceptors (Lipinski definition) is 4. The summed E-state index contributed by atoms with van der Waals surface area (Å²) >= 11 is 0. The van der Waals surface area contributed by atoms with E-state index in [0.29, 0.717) is 29.3 Å². The maximum atomic E-state index is 14.1. The third-order valence-electron chi connectivity index (χ3n) is 7.35. The zero-order valence-corrected chi connectivity index (χ0v) is 18.7. The molecule has 0 bridgehead atoms. The van der Waals surface area contributed by atoms with Gasteiger partial charge in [-0.1, -0.05) is 24.3 Å². The highest BCUT2D eigenvalue weighted by atomic mass is 19.1. The van der Waals surface area contributed by atoms with Gasteiger partial charge in [-0.05, 0) is 42.9 Å².